The third-order valence-electron chi connectivity index (χ3n) is 11.1. The predicted octanol–water partition coefficient (Wildman–Crippen LogP) is 13.0. The fraction of sp³-hybridized carbons (Fsp3) is 0.0192. The summed E-state index contributed by atoms with van der Waals surface area (Å²) in [5.41, 5.74) is 13.3. The second-order valence-corrected chi connectivity index (χ2v) is 14.5. The molecule has 0 atom stereocenters. The zero-order valence-electron chi connectivity index (χ0n) is 31.2. The van der Waals surface area contributed by atoms with E-state index in [2.05, 4.69) is 174 Å². The Labute approximate surface area is 329 Å². The van der Waals surface area contributed by atoms with Gasteiger partial charge in [0.15, 0.2) is 11.6 Å². The van der Waals surface area contributed by atoms with Gasteiger partial charge in [0.05, 0.1) is 22.1 Å². The summed E-state index contributed by atoms with van der Waals surface area (Å²) < 4.78 is 4.69. The van der Waals surface area contributed by atoms with E-state index in [4.69, 9.17) is 15.0 Å². The molecular formula is C52H35N5. The second-order valence-electron chi connectivity index (χ2n) is 14.5. The summed E-state index contributed by atoms with van der Waals surface area (Å²) in [4.78, 5) is 15.6. The van der Waals surface area contributed by atoms with Crippen molar-refractivity contribution in [3.05, 3.63) is 200 Å². The van der Waals surface area contributed by atoms with Gasteiger partial charge in [0, 0.05) is 38.4 Å². The van der Waals surface area contributed by atoms with Crippen LogP contribution in [0.5, 0.6) is 0 Å². The van der Waals surface area contributed by atoms with E-state index in [0.717, 1.165) is 55.0 Å². The molecule has 0 aliphatic rings. The summed E-state index contributed by atoms with van der Waals surface area (Å²) in [6.07, 6.45) is 0. The first-order valence-corrected chi connectivity index (χ1v) is 19.3. The van der Waals surface area contributed by atoms with Crippen molar-refractivity contribution < 1.29 is 0 Å². The molecule has 11 aromatic rings. The maximum atomic E-state index is 5.27. The van der Waals surface area contributed by atoms with Crippen molar-refractivity contribution in [3.63, 3.8) is 0 Å². The summed E-state index contributed by atoms with van der Waals surface area (Å²) in [6, 6.07) is 68.5. The van der Waals surface area contributed by atoms with Crippen LogP contribution in [0.1, 0.15) is 5.56 Å². The molecule has 0 saturated carbocycles. The molecular weight excluding hydrogens is 695 g/mol. The first kappa shape index (κ1) is 32.8. The van der Waals surface area contributed by atoms with Crippen LogP contribution in [-0.4, -0.2) is 24.1 Å². The number of hydrogen-bond acceptors (Lipinski definition) is 3. The number of para-hydroxylation sites is 2. The molecule has 0 fully saturated rings. The molecule has 0 spiro atoms. The first-order valence-electron chi connectivity index (χ1n) is 19.3. The van der Waals surface area contributed by atoms with Gasteiger partial charge in [0.1, 0.15) is 0 Å². The third kappa shape index (κ3) is 5.35. The molecule has 0 radical (unpaired) electrons. The smallest absolute Gasteiger partial charge is 0.238 e. The van der Waals surface area contributed by atoms with Crippen LogP contribution in [-0.2, 0) is 0 Å². The molecule has 0 amide bonds. The minimum atomic E-state index is 0.568. The van der Waals surface area contributed by atoms with Crippen LogP contribution >= 0.6 is 0 Å². The Kier molecular flexibility index (Phi) is 7.64. The van der Waals surface area contributed by atoms with Crippen molar-refractivity contribution in [2.45, 2.75) is 6.92 Å². The Morgan fingerprint density at radius 2 is 0.842 bits per heavy atom. The first-order chi connectivity index (χ1) is 28.2. The van der Waals surface area contributed by atoms with E-state index in [9.17, 15) is 0 Å². The lowest BCUT2D eigenvalue weighted by molar-refractivity contribution is 0.953. The van der Waals surface area contributed by atoms with Crippen molar-refractivity contribution in [2.24, 2.45) is 0 Å². The van der Waals surface area contributed by atoms with Crippen LogP contribution in [0.25, 0.3) is 100 Å². The van der Waals surface area contributed by atoms with Crippen molar-refractivity contribution in [1.82, 2.24) is 24.1 Å². The molecule has 57 heavy (non-hydrogen) atoms. The fourth-order valence-corrected chi connectivity index (χ4v) is 8.51. The summed E-state index contributed by atoms with van der Waals surface area (Å²) in [5.74, 6) is 1.81. The molecule has 3 heterocycles. The van der Waals surface area contributed by atoms with E-state index in [1.807, 2.05) is 36.4 Å². The topological polar surface area (TPSA) is 48.5 Å². The fourth-order valence-electron chi connectivity index (χ4n) is 8.51. The molecule has 3 aromatic heterocycles. The van der Waals surface area contributed by atoms with E-state index in [-0.39, 0.29) is 0 Å². The van der Waals surface area contributed by atoms with Crippen LogP contribution in [0.15, 0.2) is 194 Å². The Morgan fingerprint density at radius 3 is 1.44 bits per heavy atom. The molecule has 0 N–H and O–H groups in total. The van der Waals surface area contributed by atoms with Crippen LogP contribution in [0.3, 0.4) is 0 Å². The van der Waals surface area contributed by atoms with Gasteiger partial charge < -0.3 is 4.57 Å². The van der Waals surface area contributed by atoms with E-state index in [0.29, 0.717) is 17.6 Å². The molecule has 11 rings (SSSR count). The number of hydrogen-bond donors (Lipinski definition) is 0. The molecule has 0 aliphatic heterocycles. The van der Waals surface area contributed by atoms with E-state index in [1.54, 1.807) is 0 Å². The van der Waals surface area contributed by atoms with Gasteiger partial charge in [0.2, 0.25) is 5.95 Å². The highest BCUT2D eigenvalue weighted by Crippen LogP contribution is 2.43. The SMILES string of the molecule is Cc1ccccc1-c1ccc(-n2c3ccccc3c3ccc4c5ccccc5n(-c5nc(-c6ccccc6)nc(-c6ccccc6)n5)c4c32)cc1-c1ccccc1. The van der Waals surface area contributed by atoms with Gasteiger partial charge in [-0.25, -0.2) is 4.98 Å². The lowest BCUT2D eigenvalue weighted by Gasteiger charge is -2.17. The van der Waals surface area contributed by atoms with Gasteiger partial charge in [-0.15, -0.1) is 0 Å². The monoisotopic (exact) mass is 729 g/mol. The highest BCUT2D eigenvalue weighted by atomic mass is 15.2. The average molecular weight is 730 g/mol. The minimum absolute atomic E-state index is 0.568. The number of rotatable bonds is 6. The van der Waals surface area contributed by atoms with Crippen molar-refractivity contribution in [3.8, 4) is 56.7 Å². The molecule has 0 saturated heterocycles. The lowest BCUT2D eigenvalue weighted by atomic mass is 9.91. The van der Waals surface area contributed by atoms with Gasteiger partial charge in [-0.3, -0.25) is 4.57 Å². The van der Waals surface area contributed by atoms with Gasteiger partial charge in [0.25, 0.3) is 0 Å². The van der Waals surface area contributed by atoms with Crippen molar-refractivity contribution in [2.75, 3.05) is 0 Å². The average Bonchev–Trinajstić information content (AvgIpc) is 3.80. The standard InChI is InChI=1S/C52H35N5/c1-34-17-11-12-24-39(34)40-30-29-38(33-45(40)35-18-5-2-6-19-35)56-46-27-15-13-25-41(46)43-31-32-44-42-26-14-16-28-47(42)57(49(44)48(43)56)52-54-50(36-20-7-3-8-21-36)53-51(55-52)37-22-9-4-10-23-37/h2-33H,1H3. The van der Waals surface area contributed by atoms with Crippen LogP contribution in [0, 0.1) is 6.92 Å². The molecule has 8 aromatic carbocycles. The summed E-state index contributed by atoms with van der Waals surface area (Å²) >= 11 is 0. The molecule has 268 valence electrons. The number of aromatic nitrogens is 5. The second kappa shape index (κ2) is 13.3. The number of benzene rings is 8. The zero-order valence-corrected chi connectivity index (χ0v) is 31.2. The quantitative estimate of drug-likeness (QED) is 0.171. The number of aryl methyl sites for hydroxylation is 1. The van der Waals surface area contributed by atoms with Gasteiger partial charge >= 0.3 is 0 Å². The molecule has 5 nitrogen and oxygen atoms in total. The lowest BCUT2D eigenvalue weighted by Crippen LogP contribution is -2.07. The normalized spacial score (nSPS) is 11.6. The maximum absolute atomic E-state index is 5.27. The minimum Gasteiger partial charge on any atom is -0.307 e. The predicted molar refractivity (Wildman–Crippen MR) is 235 cm³/mol. The van der Waals surface area contributed by atoms with E-state index < -0.39 is 0 Å². The Bertz CT molecular complexity index is 3230. The van der Waals surface area contributed by atoms with Crippen LogP contribution in [0.4, 0.5) is 0 Å². The maximum Gasteiger partial charge on any atom is 0.238 e. The van der Waals surface area contributed by atoms with Crippen molar-refractivity contribution >= 4 is 43.6 Å². The Morgan fingerprint density at radius 1 is 0.351 bits per heavy atom. The van der Waals surface area contributed by atoms with Gasteiger partial charge in [-0.2, -0.15) is 9.97 Å². The molecule has 0 bridgehead atoms. The number of fused-ring (bicyclic) bond motifs is 7. The highest BCUT2D eigenvalue weighted by molar-refractivity contribution is 6.23. The zero-order chi connectivity index (χ0) is 37.9. The summed E-state index contributed by atoms with van der Waals surface area (Å²) in [5, 5.41) is 4.60. The van der Waals surface area contributed by atoms with Crippen LogP contribution < -0.4 is 0 Å². The molecule has 0 aliphatic carbocycles. The van der Waals surface area contributed by atoms with Gasteiger partial charge in [-0.1, -0.05) is 170 Å². The Balaban J connectivity index is 1.27. The summed E-state index contributed by atoms with van der Waals surface area (Å²) in [7, 11) is 0. The molecule has 5 heteroatoms. The van der Waals surface area contributed by atoms with Crippen molar-refractivity contribution in [1.29, 1.82) is 0 Å². The van der Waals surface area contributed by atoms with Gasteiger partial charge in [-0.05, 0) is 59.0 Å². The highest BCUT2D eigenvalue weighted by Gasteiger charge is 2.24. The summed E-state index contributed by atoms with van der Waals surface area (Å²) in [6.45, 7) is 2.19. The third-order valence-corrected chi connectivity index (χ3v) is 11.1. The largest absolute Gasteiger partial charge is 0.307 e. The molecule has 0 unspecified atom stereocenters. The number of nitrogens with zero attached hydrogens (tertiary/aromatic N) is 5. The van der Waals surface area contributed by atoms with Crippen LogP contribution in [0.2, 0.25) is 0 Å². The van der Waals surface area contributed by atoms with E-state index >= 15 is 0 Å². The Hall–Kier alpha value is -7.63. The van der Waals surface area contributed by atoms with E-state index in [1.165, 1.54) is 33.2 Å².